The van der Waals surface area contributed by atoms with E-state index >= 15 is 0 Å². The molecule has 1 heterocycles. The number of ether oxygens (including phenoxy) is 1. The summed E-state index contributed by atoms with van der Waals surface area (Å²) in [4.78, 5) is 14.2. The van der Waals surface area contributed by atoms with Gasteiger partial charge in [0.2, 0.25) is 0 Å². The number of carbonyl (C=O) groups excluding carboxylic acids is 1. The predicted octanol–water partition coefficient (Wildman–Crippen LogP) is 4.23. The van der Waals surface area contributed by atoms with Crippen molar-refractivity contribution >= 4 is 11.6 Å². The molecule has 1 aliphatic rings. The predicted molar refractivity (Wildman–Crippen MR) is 84.6 cm³/mol. The standard InChI is InChI=1S/C18H16F3NO2/c1-11-6-7-13(10-14(11)18(19,20)21)22-9-8-12-4-3-5-15(24-2)16(12)17(22)23/h3-7,10H,8-9H2,1-2H3. The molecule has 2 aromatic rings. The molecule has 0 spiro atoms. The number of rotatable bonds is 2. The van der Waals surface area contributed by atoms with Crippen LogP contribution in [0.2, 0.25) is 0 Å². The number of nitrogens with zero attached hydrogens (tertiary/aromatic N) is 1. The normalized spacial score (nSPS) is 14.5. The summed E-state index contributed by atoms with van der Waals surface area (Å²) >= 11 is 0. The molecule has 3 rings (SSSR count). The largest absolute Gasteiger partial charge is 0.496 e. The summed E-state index contributed by atoms with van der Waals surface area (Å²) in [6.07, 6.45) is -3.89. The molecule has 0 aliphatic carbocycles. The van der Waals surface area contributed by atoms with Gasteiger partial charge < -0.3 is 9.64 Å². The van der Waals surface area contributed by atoms with Crippen molar-refractivity contribution < 1.29 is 22.7 Å². The summed E-state index contributed by atoms with van der Waals surface area (Å²) in [6, 6.07) is 9.29. The first kappa shape index (κ1) is 16.4. The number of carbonyl (C=O) groups is 1. The third kappa shape index (κ3) is 2.72. The van der Waals surface area contributed by atoms with Gasteiger partial charge in [0.1, 0.15) is 5.75 Å². The first-order chi connectivity index (χ1) is 11.3. The number of anilines is 1. The first-order valence-corrected chi connectivity index (χ1v) is 7.48. The molecule has 3 nitrogen and oxygen atoms in total. The number of fused-ring (bicyclic) bond motifs is 1. The van der Waals surface area contributed by atoms with Crippen LogP contribution in [0.1, 0.15) is 27.0 Å². The smallest absolute Gasteiger partial charge is 0.416 e. The molecular weight excluding hydrogens is 319 g/mol. The Morgan fingerprint density at radius 2 is 1.92 bits per heavy atom. The van der Waals surface area contributed by atoms with Crippen molar-refractivity contribution in [2.75, 3.05) is 18.6 Å². The van der Waals surface area contributed by atoms with E-state index in [1.54, 1.807) is 18.2 Å². The van der Waals surface area contributed by atoms with E-state index in [2.05, 4.69) is 0 Å². The monoisotopic (exact) mass is 335 g/mol. The minimum Gasteiger partial charge on any atom is -0.496 e. The molecule has 0 saturated heterocycles. The fourth-order valence-corrected chi connectivity index (χ4v) is 3.00. The Bertz CT molecular complexity index is 785. The van der Waals surface area contributed by atoms with Crippen molar-refractivity contribution in [2.45, 2.75) is 19.5 Å². The Balaban J connectivity index is 2.05. The van der Waals surface area contributed by atoms with Crippen molar-refractivity contribution in [3.8, 4) is 5.75 Å². The third-order valence-corrected chi connectivity index (χ3v) is 4.23. The number of methoxy groups -OCH3 is 1. The van der Waals surface area contributed by atoms with Gasteiger partial charge in [-0.2, -0.15) is 13.2 Å². The summed E-state index contributed by atoms with van der Waals surface area (Å²) in [5, 5.41) is 0. The lowest BCUT2D eigenvalue weighted by molar-refractivity contribution is -0.138. The van der Waals surface area contributed by atoms with E-state index in [0.29, 0.717) is 24.3 Å². The molecule has 0 radical (unpaired) electrons. The quantitative estimate of drug-likeness (QED) is 0.822. The number of hydrogen-bond acceptors (Lipinski definition) is 2. The Morgan fingerprint density at radius 1 is 1.17 bits per heavy atom. The number of hydrogen-bond donors (Lipinski definition) is 0. The Kier molecular flexibility index (Phi) is 3.99. The van der Waals surface area contributed by atoms with Crippen LogP contribution >= 0.6 is 0 Å². The summed E-state index contributed by atoms with van der Waals surface area (Å²) in [5.41, 5.74) is 0.918. The maximum Gasteiger partial charge on any atom is 0.416 e. The zero-order valence-electron chi connectivity index (χ0n) is 13.3. The van der Waals surface area contributed by atoms with Crippen LogP contribution in [0.25, 0.3) is 0 Å². The summed E-state index contributed by atoms with van der Waals surface area (Å²) < 4.78 is 44.6. The second-order valence-electron chi connectivity index (χ2n) is 5.70. The first-order valence-electron chi connectivity index (χ1n) is 7.48. The highest BCUT2D eigenvalue weighted by Gasteiger charge is 2.34. The van der Waals surface area contributed by atoms with Gasteiger partial charge in [0.25, 0.3) is 5.91 Å². The Labute approximate surface area is 137 Å². The minimum absolute atomic E-state index is 0.133. The van der Waals surface area contributed by atoms with E-state index in [4.69, 9.17) is 4.74 Å². The van der Waals surface area contributed by atoms with Gasteiger partial charge in [-0.05, 0) is 42.7 Å². The maximum absolute atomic E-state index is 13.1. The zero-order valence-corrected chi connectivity index (χ0v) is 13.3. The van der Waals surface area contributed by atoms with E-state index in [9.17, 15) is 18.0 Å². The van der Waals surface area contributed by atoms with Gasteiger partial charge in [0.15, 0.2) is 0 Å². The lowest BCUT2D eigenvalue weighted by Crippen LogP contribution is -2.38. The number of aryl methyl sites for hydroxylation is 1. The zero-order chi connectivity index (χ0) is 17.5. The molecule has 0 fully saturated rings. The van der Waals surface area contributed by atoms with Crippen LogP contribution in [0.4, 0.5) is 18.9 Å². The molecular formula is C18H16F3NO2. The minimum atomic E-state index is -4.45. The Morgan fingerprint density at radius 3 is 2.58 bits per heavy atom. The average molecular weight is 335 g/mol. The second-order valence-corrected chi connectivity index (χ2v) is 5.70. The Hall–Kier alpha value is -2.50. The number of benzene rings is 2. The van der Waals surface area contributed by atoms with Crippen molar-refractivity contribution in [2.24, 2.45) is 0 Å². The van der Waals surface area contributed by atoms with Gasteiger partial charge in [0.05, 0.1) is 18.2 Å². The number of amides is 1. The molecule has 0 bridgehead atoms. The fraction of sp³-hybridized carbons (Fsp3) is 0.278. The summed E-state index contributed by atoms with van der Waals surface area (Å²) in [6.45, 7) is 1.74. The van der Waals surface area contributed by atoms with Crippen LogP contribution in [-0.4, -0.2) is 19.6 Å². The topological polar surface area (TPSA) is 29.5 Å². The molecule has 1 amide bonds. The van der Waals surface area contributed by atoms with Crippen molar-refractivity contribution in [3.63, 3.8) is 0 Å². The molecule has 0 atom stereocenters. The highest BCUT2D eigenvalue weighted by Crippen LogP contribution is 2.36. The summed E-state index contributed by atoms with van der Waals surface area (Å²) in [7, 11) is 1.47. The van der Waals surface area contributed by atoms with E-state index in [-0.39, 0.29) is 17.2 Å². The van der Waals surface area contributed by atoms with E-state index < -0.39 is 11.7 Å². The molecule has 0 saturated carbocycles. The molecule has 0 unspecified atom stereocenters. The second kappa shape index (κ2) is 5.85. The van der Waals surface area contributed by atoms with Gasteiger partial charge in [-0.25, -0.2) is 0 Å². The molecule has 0 N–H and O–H groups in total. The van der Waals surface area contributed by atoms with Crippen LogP contribution in [0, 0.1) is 6.92 Å². The van der Waals surface area contributed by atoms with Crippen LogP contribution in [0.3, 0.4) is 0 Å². The molecule has 126 valence electrons. The highest BCUT2D eigenvalue weighted by molar-refractivity contribution is 6.10. The SMILES string of the molecule is COc1cccc2c1C(=O)N(c1ccc(C)c(C(F)(F)F)c1)CC2. The van der Waals surface area contributed by atoms with E-state index in [1.807, 2.05) is 6.07 Å². The van der Waals surface area contributed by atoms with Crippen molar-refractivity contribution in [1.82, 2.24) is 0 Å². The number of alkyl halides is 3. The van der Waals surface area contributed by atoms with Gasteiger partial charge in [0, 0.05) is 12.2 Å². The van der Waals surface area contributed by atoms with E-state index in [0.717, 1.165) is 11.6 Å². The lowest BCUT2D eigenvalue weighted by Gasteiger charge is -2.30. The van der Waals surface area contributed by atoms with Crippen LogP contribution in [-0.2, 0) is 12.6 Å². The average Bonchev–Trinajstić information content (AvgIpc) is 2.54. The molecule has 2 aromatic carbocycles. The number of halogens is 3. The fourth-order valence-electron chi connectivity index (χ4n) is 3.00. The molecule has 6 heteroatoms. The molecule has 1 aliphatic heterocycles. The van der Waals surface area contributed by atoms with Crippen molar-refractivity contribution in [1.29, 1.82) is 0 Å². The lowest BCUT2D eigenvalue weighted by atomic mass is 9.97. The summed E-state index contributed by atoms with van der Waals surface area (Å²) in [5.74, 6) is 0.0936. The van der Waals surface area contributed by atoms with Gasteiger partial charge in [-0.3, -0.25) is 4.79 Å². The van der Waals surface area contributed by atoms with Crippen LogP contribution < -0.4 is 9.64 Å². The molecule has 24 heavy (non-hydrogen) atoms. The molecule has 0 aromatic heterocycles. The van der Waals surface area contributed by atoms with Crippen molar-refractivity contribution in [3.05, 3.63) is 58.7 Å². The highest BCUT2D eigenvalue weighted by atomic mass is 19.4. The van der Waals surface area contributed by atoms with Gasteiger partial charge >= 0.3 is 6.18 Å². The van der Waals surface area contributed by atoms with Crippen LogP contribution in [0.5, 0.6) is 5.75 Å². The van der Waals surface area contributed by atoms with Crippen LogP contribution in [0.15, 0.2) is 36.4 Å². The third-order valence-electron chi connectivity index (χ3n) is 4.23. The van der Waals surface area contributed by atoms with Gasteiger partial charge in [-0.15, -0.1) is 0 Å². The van der Waals surface area contributed by atoms with E-state index in [1.165, 1.54) is 25.0 Å². The maximum atomic E-state index is 13.1. The van der Waals surface area contributed by atoms with Gasteiger partial charge in [-0.1, -0.05) is 18.2 Å².